The second-order valence-electron chi connectivity index (χ2n) is 9.90. The number of aromatic nitrogens is 1. The molecule has 8 nitrogen and oxygen atoms in total. The fourth-order valence-electron chi connectivity index (χ4n) is 5.41. The third kappa shape index (κ3) is 5.14. The van der Waals surface area contributed by atoms with Gasteiger partial charge in [0.05, 0.1) is 30.3 Å². The van der Waals surface area contributed by atoms with Gasteiger partial charge in [-0.05, 0) is 61.5 Å². The van der Waals surface area contributed by atoms with Crippen LogP contribution in [0.1, 0.15) is 18.1 Å². The van der Waals surface area contributed by atoms with Gasteiger partial charge in [-0.25, -0.2) is 12.8 Å². The van der Waals surface area contributed by atoms with Gasteiger partial charge in [0.15, 0.2) is 0 Å². The molecule has 1 aromatic heterocycles. The Hall–Kier alpha value is -3.99. The molecule has 0 radical (unpaired) electrons. The van der Waals surface area contributed by atoms with E-state index in [-0.39, 0.29) is 16.6 Å². The van der Waals surface area contributed by atoms with Crippen LogP contribution < -0.4 is 9.64 Å². The van der Waals surface area contributed by atoms with E-state index in [4.69, 9.17) is 9.47 Å². The first-order valence-electron chi connectivity index (χ1n) is 13.6. The van der Waals surface area contributed by atoms with E-state index in [9.17, 15) is 17.6 Å². The molecule has 0 saturated carbocycles. The zero-order valence-electron chi connectivity index (χ0n) is 22.6. The Morgan fingerprint density at radius 1 is 1.02 bits per heavy atom. The molecule has 41 heavy (non-hydrogen) atoms. The average molecular weight is 576 g/mol. The Labute approximate surface area is 238 Å². The summed E-state index contributed by atoms with van der Waals surface area (Å²) in [6, 6.07) is 18.7. The largest absolute Gasteiger partial charge is 0.492 e. The zero-order valence-corrected chi connectivity index (χ0v) is 23.4. The number of likely N-dealkylation sites (N-methyl/N-ethyl adjacent to an activating group) is 1. The summed E-state index contributed by atoms with van der Waals surface area (Å²) in [6.45, 7) is 4.58. The fraction of sp³-hybridized carbons (Fsp3) is 0.258. The van der Waals surface area contributed by atoms with Gasteiger partial charge >= 0.3 is 0 Å². The second kappa shape index (κ2) is 11.1. The van der Waals surface area contributed by atoms with Crippen molar-refractivity contribution in [2.45, 2.75) is 18.4 Å². The minimum Gasteiger partial charge on any atom is -0.492 e. The smallest absolute Gasteiger partial charge is 0.258 e. The number of carbonyl (C=O) groups is 1. The SMILES string of the molecule is CCN1C(=O)C(=Cc2cn(CCOc3ccc(F)cc3)c3ccccc23)c2cc(S(=O)(=O)N3CCOCC3)ccc21. The van der Waals surface area contributed by atoms with E-state index in [1.54, 1.807) is 35.2 Å². The van der Waals surface area contributed by atoms with Crippen molar-refractivity contribution in [2.75, 3.05) is 44.4 Å². The topological polar surface area (TPSA) is 81.1 Å². The molecule has 2 aliphatic heterocycles. The van der Waals surface area contributed by atoms with Gasteiger partial charge in [-0.2, -0.15) is 4.31 Å². The number of anilines is 1. The molecule has 0 aliphatic carbocycles. The second-order valence-corrected chi connectivity index (χ2v) is 11.8. The van der Waals surface area contributed by atoms with E-state index >= 15 is 0 Å². The maximum absolute atomic E-state index is 13.6. The van der Waals surface area contributed by atoms with Crippen LogP contribution in [0.25, 0.3) is 22.6 Å². The molecule has 2 aliphatic rings. The summed E-state index contributed by atoms with van der Waals surface area (Å²) in [7, 11) is -3.73. The Morgan fingerprint density at radius 3 is 2.54 bits per heavy atom. The summed E-state index contributed by atoms with van der Waals surface area (Å²) >= 11 is 0. The summed E-state index contributed by atoms with van der Waals surface area (Å²) in [6.07, 6.45) is 3.82. The number of fused-ring (bicyclic) bond motifs is 2. The molecule has 0 unspecified atom stereocenters. The van der Waals surface area contributed by atoms with Crippen molar-refractivity contribution < 1.29 is 27.1 Å². The molecular weight excluding hydrogens is 545 g/mol. The van der Waals surface area contributed by atoms with Gasteiger partial charge in [-0.3, -0.25) is 4.79 Å². The molecule has 0 spiro atoms. The highest BCUT2D eigenvalue weighted by Crippen LogP contribution is 2.40. The number of carbonyl (C=O) groups excluding carboxylic acids is 1. The van der Waals surface area contributed by atoms with Crippen molar-refractivity contribution >= 4 is 44.2 Å². The highest BCUT2D eigenvalue weighted by molar-refractivity contribution is 7.89. The first-order valence-corrected chi connectivity index (χ1v) is 15.0. The van der Waals surface area contributed by atoms with Crippen molar-refractivity contribution in [3.63, 3.8) is 0 Å². The highest BCUT2D eigenvalue weighted by atomic mass is 32.2. The van der Waals surface area contributed by atoms with E-state index in [1.165, 1.54) is 16.4 Å². The Bertz CT molecular complexity index is 1740. The normalized spacial score (nSPS) is 17.0. The molecule has 1 amide bonds. The Balaban J connectivity index is 1.35. The molecule has 0 N–H and O–H groups in total. The van der Waals surface area contributed by atoms with E-state index in [0.29, 0.717) is 68.6 Å². The predicted octanol–water partition coefficient (Wildman–Crippen LogP) is 4.79. The zero-order chi connectivity index (χ0) is 28.6. The maximum atomic E-state index is 13.6. The van der Waals surface area contributed by atoms with Crippen LogP contribution in [0.5, 0.6) is 5.75 Å². The molecule has 0 atom stereocenters. The number of para-hydroxylation sites is 1. The average Bonchev–Trinajstić information content (AvgIpc) is 3.48. The third-order valence-corrected chi connectivity index (χ3v) is 9.38. The Kier molecular flexibility index (Phi) is 7.37. The molecule has 6 rings (SSSR count). The van der Waals surface area contributed by atoms with Crippen molar-refractivity contribution in [3.05, 3.63) is 89.9 Å². The minimum atomic E-state index is -3.73. The lowest BCUT2D eigenvalue weighted by atomic mass is 10.0. The first-order chi connectivity index (χ1) is 19.9. The quantitative estimate of drug-likeness (QED) is 0.283. The van der Waals surface area contributed by atoms with E-state index < -0.39 is 10.0 Å². The number of nitrogens with zero attached hydrogens (tertiary/aromatic N) is 3. The number of halogens is 1. The minimum absolute atomic E-state index is 0.162. The summed E-state index contributed by atoms with van der Waals surface area (Å²) in [5.41, 5.74) is 3.56. The number of morpholine rings is 1. The lowest BCUT2D eigenvalue weighted by Gasteiger charge is -2.26. The third-order valence-electron chi connectivity index (χ3n) is 7.48. The molecule has 0 bridgehead atoms. The molecule has 212 valence electrons. The Morgan fingerprint density at radius 2 is 1.78 bits per heavy atom. The highest BCUT2D eigenvalue weighted by Gasteiger charge is 2.34. The molecule has 10 heteroatoms. The standard InChI is InChI=1S/C31H30FN3O5S/c1-2-35-30-12-11-25(41(37,38)34-14-16-39-17-15-34)20-27(30)28(31(35)36)19-22-21-33(29-6-4-3-5-26(22)29)13-18-40-24-9-7-23(32)8-10-24/h3-12,19-21H,2,13-18H2,1H3. The van der Waals surface area contributed by atoms with Crippen LogP contribution in [0.2, 0.25) is 0 Å². The summed E-state index contributed by atoms with van der Waals surface area (Å²) in [5.74, 6) is 0.0997. The van der Waals surface area contributed by atoms with Gasteiger partial charge in [0.25, 0.3) is 5.91 Å². The monoisotopic (exact) mass is 575 g/mol. The molecule has 4 aromatic rings. The number of hydrogen-bond donors (Lipinski definition) is 0. The molecule has 1 saturated heterocycles. The van der Waals surface area contributed by atoms with Crippen LogP contribution in [0, 0.1) is 5.82 Å². The molecule has 3 heterocycles. The van der Waals surface area contributed by atoms with Gasteiger partial charge in [-0.15, -0.1) is 0 Å². The maximum Gasteiger partial charge on any atom is 0.258 e. The summed E-state index contributed by atoms with van der Waals surface area (Å²) in [5, 5.41) is 0.961. The van der Waals surface area contributed by atoms with Crippen LogP contribution in [-0.4, -0.2) is 62.7 Å². The van der Waals surface area contributed by atoms with Crippen molar-refractivity contribution in [3.8, 4) is 5.75 Å². The number of sulfonamides is 1. The number of amides is 1. The first kappa shape index (κ1) is 27.2. The van der Waals surface area contributed by atoms with Crippen LogP contribution in [0.15, 0.2) is 77.8 Å². The fourth-order valence-corrected chi connectivity index (χ4v) is 6.84. The van der Waals surface area contributed by atoms with Crippen molar-refractivity contribution in [1.82, 2.24) is 8.87 Å². The van der Waals surface area contributed by atoms with Gasteiger partial charge in [-0.1, -0.05) is 18.2 Å². The molecule has 3 aromatic carbocycles. The van der Waals surface area contributed by atoms with Gasteiger partial charge in [0.2, 0.25) is 10.0 Å². The van der Waals surface area contributed by atoms with Crippen LogP contribution >= 0.6 is 0 Å². The van der Waals surface area contributed by atoms with Crippen LogP contribution in [-0.2, 0) is 26.1 Å². The lowest BCUT2D eigenvalue weighted by molar-refractivity contribution is -0.112. The lowest BCUT2D eigenvalue weighted by Crippen LogP contribution is -2.40. The molecular formula is C31H30FN3O5S. The predicted molar refractivity (Wildman–Crippen MR) is 156 cm³/mol. The number of ether oxygens (including phenoxy) is 2. The van der Waals surface area contributed by atoms with Gasteiger partial charge in [0, 0.05) is 53.4 Å². The van der Waals surface area contributed by atoms with Crippen molar-refractivity contribution in [2.24, 2.45) is 0 Å². The number of hydrogen-bond acceptors (Lipinski definition) is 5. The van der Waals surface area contributed by atoms with Crippen LogP contribution in [0.4, 0.5) is 10.1 Å². The van der Waals surface area contributed by atoms with E-state index in [2.05, 4.69) is 4.57 Å². The van der Waals surface area contributed by atoms with E-state index in [0.717, 1.165) is 16.5 Å². The van der Waals surface area contributed by atoms with Gasteiger partial charge < -0.3 is 18.9 Å². The summed E-state index contributed by atoms with van der Waals surface area (Å²) < 4.78 is 54.7. The number of rotatable bonds is 8. The summed E-state index contributed by atoms with van der Waals surface area (Å²) in [4.78, 5) is 15.4. The van der Waals surface area contributed by atoms with E-state index in [1.807, 2.05) is 43.5 Å². The number of benzene rings is 3. The van der Waals surface area contributed by atoms with Crippen molar-refractivity contribution in [1.29, 1.82) is 0 Å². The van der Waals surface area contributed by atoms with Crippen LogP contribution in [0.3, 0.4) is 0 Å². The molecule has 1 fully saturated rings. The van der Waals surface area contributed by atoms with Gasteiger partial charge in [0.1, 0.15) is 18.2 Å².